The van der Waals surface area contributed by atoms with Gasteiger partial charge in [-0.15, -0.1) is 0 Å². The number of carbonyl (C=O) groups excluding carboxylic acids is 1. The fourth-order valence-corrected chi connectivity index (χ4v) is 3.38. The normalized spacial score (nSPS) is 10.4. The molecule has 0 fully saturated rings. The number of rotatable bonds is 10. The first-order valence-electron chi connectivity index (χ1n) is 10.3. The van der Waals surface area contributed by atoms with Crippen LogP contribution in [0.25, 0.3) is 0 Å². The summed E-state index contributed by atoms with van der Waals surface area (Å²) in [6.07, 6.45) is 0. The van der Waals surface area contributed by atoms with E-state index in [1.165, 1.54) is 12.1 Å². The molecule has 0 spiro atoms. The van der Waals surface area contributed by atoms with Gasteiger partial charge in [0.1, 0.15) is 0 Å². The van der Waals surface area contributed by atoms with Crippen LogP contribution >= 0.6 is 11.6 Å². The molecule has 0 saturated heterocycles. The van der Waals surface area contributed by atoms with Crippen molar-refractivity contribution in [3.8, 4) is 11.5 Å². The number of carbonyl (C=O) groups is 1. The van der Waals surface area contributed by atoms with Crippen LogP contribution in [0, 0.1) is 17.0 Å². The standard InChI is InChI=1S/C24H24ClN3O5/c1-3-32-22-13-17(14-26-18-7-9-20(10-8-18)28(30)31)12-21(25)24(22)33-15-23(29)27-19-6-4-5-16(2)11-19/h4-13,26H,3,14-15H2,1-2H3,(H,27,29). The molecule has 2 N–H and O–H groups in total. The number of halogens is 1. The van der Waals surface area contributed by atoms with Crippen molar-refractivity contribution in [1.29, 1.82) is 0 Å². The summed E-state index contributed by atoms with van der Waals surface area (Å²) < 4.78 is 11.4. The van der Waals surface area contributed by atoms with Crippen LogP contribution in [0.3, 0.4) is 0 Å². The summed E-state index contributed by atoms with van der Waals surface area (Å²) in [5, 5.41) is 17.1. The molecule has 0 saturated carbocycles. The van der Waals surface area contributed by atoms with Crippen molar-refractivity contribution in [1.82, 2.24) is 0 Å². The Hall–Kier alpha value is -3.78. The maximum Gasteiger partial charge on any atom is 0.269 e. The first kappa shape index (κ1) is 23.9. The first-order chi connectivity index (χ1) is 15.9. The quantitative estimate of drug-likeness (QED) is 0.296. The third-order valence-electron chi connectivity index (χ3n) is 4.59. The lowest BCUT2D eigenvalue weighted by Crippen LogP contribution is -2.20. The van der Waals surface area contributed by atoms with Crippen LogP contribution in [0.2, 0.25) is 5.02 Å². The van der Waals surface area contributed by atoms with Gasteiger partial charge in [0.15, 0.2) is 18.1 Å². The number of benzene rings is 3. The van der Waals surface area contributed by atoms with Gasteiger partial charge in [0.05, 0.1) is 16.6 Å². The Balaban J connectivity index is 1.65. The second kappa shape index (κ2) is 11.2. The van der Waals surface area contributed by atoms with Crippen molar-refractivity contribution in [2.24, 2.45) is 0 Å². The summed E-state index contributed by atoms with van der Waals surface area (Å²) in [5.74, 6) is 0.397. The van der Waals surface area contributed by atoms with Crippen LogP contribution < -0.4 is 20.1 Å². The van der Waals surface area contributed by atoms with E-state index in [9.17, 15) is 14.9 Å². The average Bonchev–Trinajstić information content (AvgIpc) is 2.77. The van der Waals surface area contributed by atoms with E-state index in [4.69, 9.17) is 21.1 Å². The van der Waals surface area contributed by atoms with E-state index >= 15 is 0 Å². The van der Waals surface area contributed by atoms with Crippen molar-refractivity contribution in [2.75, 3.05) is 23.8 Å². The van der Waals surface area contributed by atoms with E-state index in [-0.39, 0.29) is 24.0 Å². The number of hydrogen-bond acceptors (Lipinski definition) is 6. The van der Waals surface area contributed by atoms with E-state index < -0.39 is 4.92 Å². The summed E-state index contributed by atoms with van der Waals surface area (Å²) in [5.41, 5.74) is 3.29. The molecule has 172 valence electrons. The molecule has 3 aromatic rings. The fraction of sp³-hybridized carbons (Fsp3) is 0.208. The predicted molar refractivity (Wildman–Crippen MR) is 128 cm³/mol. The lowest BCUT2D eigenvalue weighted by atomic mass is 10.2. The third-order valence-corrected chi connectivity index (χ3v) is 4.87. The van der Waals surface area contributed by atoms with Gasteiger partial charge in [0.2, 0.25) is 0 Å². The first-order valence-corrected chi connectivity index (χ1v) is 10.7. The number of nitro benzene ring substituents is 1. The van der Waals surface area contributed by atoms with E-state index in [2.05, 4.69) is 10.6 Å². The van der Waals surface area contributed by atoms with Crippen LogP contribution in [-0.4, -0.2) is 24.0 Å². The molecule has 0 aliphatic heterocycles. The molecule has 3 rings (SSSR count). The highest BCUT2D eigenvalue weighted by molar-refractivity contribution is 6.32. The van der Waals surface area contributed by atoms with Crippen molar-refractivity contribution in [3.05, 3.63) is 86.9 Å². The molecule has 0 atom stereocenters. The Labute approximate surface area is 196 Å². The van der Waals surface area contributed by atoms with Gasteiger partial charge in [-0.3, -0.25) is 14.9 Å². The molecule has 0 unspecified atom stereocenters. The topological polar surface area (TPSA) is 103 Å². The number of nitrogens with zero attached hydrogens (tertiary/aromatic N) is 1. The van der Waals surface area contributed by atoms with Gasteiger partial charge in [-0.05, 0) is 61.4 Å². The zero-order chi connectivity index (χ0) is 23.8. The van der Waals surface area contributed by atoms with Crippen molar-refractivity contribution in [3.63, 3.8) is 0 Å². The van der Waals surface area contributed by atoms with Crippen LogP contribution in [0.5, 0.6) is 11.5 Å². The second-order valence-electron chi connectivity index (χ2n) is 7.20. The molecule has 0 aliphatic carbocycles. The number of non-ortho nitro benzene ring substituents is 1. The Morgan fingerprint density at radius 3 is 2.48 bits per heavy atom. The van der Waals surface area contributed by atoms with Crippen molar-refractivity contribution >= 4 is 34.6 Å². The number of nitro groups is 1. The number of amides is 1. The zero-order valence-electron chi connectivity index (χ0n) is 18.3. The molecular weight excluding hydrogens is 446 g/mol. The highest BCUT2D eigenvalue weighted by atomic mass is 35.5. The van der Waals surface area contributed by atoms with Gasteiger partial charge in [-0.2, -0.15) is 0 Å². The number of hydrogen-bond donors (Lipinski definition) is 2. The minimum atomic E-state index is -0.447. The number of aryl methyl sites for hydroxylation is 1. The predicted octanol–water partition coefficient (Wildman–Crippen LogP) is 5.58. The second-order valence-corrected chi connectivity index (χ2v) is 7.61. The molecule has 9 heteroatoms. The molecule has 0 aliphatic rings. The molecule has 3 aromatic carbocycles. The van der Waals surface area contributed by atoms with Gasteiger partial charge >= 0.3 is 0 Å². The maximum atomic E-state index is 12.3. The summed E-state index contributed by atoms with van der Waals surface area (Å²) in [7, 11) is 0. The van der Waals surface area contributed by atoms with Crippen LogP contribution in [0.15, 0.2) is 60.7 Å². The van der Waals surface area contributed by atoms with E-state index in [1.54, 1.807) is 30.3 Å². The van der Waals surface area contributed by atoms with Crippen LogP contribution in [0.4, 0.5) is 17.1 Å². The average molecular weight is 470 g/mol. The fourth-order valence-electron chi connectivity index (χ4n) is 3.09. The van der Waals surface area contributed by atoms with Crippen LogP contribution in [-0.2, 0) is 11.3 Å². The monoisotopic (exact) mass is 469 g/mol. The van der Waals surface area contributed by atoms with Gasteiger partial charge in [0, 0.05) is 30.1 Å². The maximum absolute atomic E-state index is 12.3. The largest absolute Gasteiger partial charge is 0.490 e. The number of anilines is 2. The van der Waals surface area contributed by atoms with Crippen LogP contribution in [0.1, 0.15) is 18.1 Å². The van der Waals surface area contributed by atoms with Gasteiger partial charge in [-0.25, -0.2) is 0 Å². The Morgan fingerprint density at radius 1 is 1.06 bits per heavy atom. The minimum absolute atomic E-state index is 0.0233. The Bertz CT molecular complexity index is 1140. The Morgan fingerprint density at radius 2 is 1.82 bits per heavy atom. The number of nitrogens with one attached hydrogen (secondary N) is 2. The molecule has 33 heavy (non-hydrogen) atoms. The summed E-state index contributed by atoms with van der Waals surface area (Å²) in [6, 6.07) is 17.1. The number of ether oxygens (including phenoxy) is 2. The van der Waals surface area contributed by atoms with Gasteiger partial charge in [-0.1, -0.05) is 23.7 Å². The minimum Gasteiger partial charge on any atom is -0.490 e. The molecule has 0 heterocycles. The summed E-state index contributed by atoms with van der Waals surface area (Å²) in [4.78, 5) is 22.6. The summed E-state index contributed by atoms with van der Waals surface area (Å²) >= 11 is 6.43. The highest BCUT2D eigenvalue weighted by Gasteiger charge is 2.15. The van der Waals surface area contributed by atoms with E-state index in [0.717, 1.165) is 16.8 Å². The van der Waals surface area contributed by atoms with Gasteiger partial charge in [0.25, 0.3) is 11.6 Å². The molecular formula is C24H24ClN3O5. The highest BCUT2D eigenvalue weighted by Crippen LogP contribution is 2.37. The van der Waals surface area contributed by atoms with E-state index in [1.807, 2.05) is 32.0 Å². The van der Waals surface area contributed by atoms with Gasteiger partial charge < -0.3 is 20.1 Å². The summed E-state index contributed by atoms with van der Waals surface area (Å²) in [6.45, 7) is 4.35. The third kappa shape index (κ3) is 6.85. The molecule has 1 amide bonds. The zero-order valence-corrected chi connectivity index (χ0v) is 19.0. The SMILES string of the molecule is CCOc1cc(CNc2ccc([N+](=O)[O-])cc2)cc(Cl)c1OCC(=O)Nc1cccc(C)c1. The lowest BCUT2D eigenvalue weighted by molar-refractivity contribution is -0.384. The molecule has 0 aromatic heterocycles. The van der Waals surface area contributed by atoms with Crippen molar-refractivity contribution < 1.29 is 19.2 Å². The van der Waals surface area contributed by atoms with E-state index in [0.29, 0.717) is 29.6 Å². The molecule has 0 bridgehead atoms. The smallest absolute Gasteiger partial charge is 0.269 e. The lowest BCUT2D eigenvalue weighted by Gasteiger charge is -2.16. The molecule has 8 nitrogen and oxygen atoms in total. The molecule has 0 radical (unpaired) electrons. The van der Waals surface area contributed by atoms with Crippen molar-refractivity contribution in [2.45, 2.75) is 20.4 Å². The Kier molecular flexibility index (Phi) is 8.10.